The van der Waals surface area contributed by atoms with Crippen molar-refractivity contribution in [1.29, 1.82) is 0 Å². The molecule has 0 aliphatic rings. The van der Waals surface area contributed by atoms with Crippen molar-refractivity contribution in [1.82, 2.24) is 18.9 Å². The molecule has 0 saturated heterocycles. The summed E-state index contributed by atoms with van der Waals surface area (Å²) in [5.41, 5.74) is 0.975. The van der Waals surface area contributed by atoms with Gasteiger partial charge in [0.1, 0.15) is 11.5 Å². The van der Waals surface area contributed by atoms with Crippen LogP contribution in [0.5, 0.6) is 0 Å². The van der Waals surface area contributed by atoms with Gasteiger partial charge in [0, 0.05) is 37.9 Å². The Morgan fingerprint density at radius 2 is 2.11 bits per heavy atom. The van der Waals surface area contributed by atoms with Gasteiger partial charge in [-0.2, -0.15) is 0 Å². The summed E-state index contributed by atoms with van der Waals surface area (Å²) < 4.78 is 4.17. The molecule has 0 radical (unpaired) electrons. The van der Waals surface area contributed by atoms with Crippen molar-refractivity contribution in [2.45, 2.75) is 19.4 Å². The molecule has 0 bridgehead atoms. The fourth-order valence-electron chi connectivity index (χ4n) is 2.15. The van der Waals surface area contributed by atoms with Crippen LogP contribution in [-0.4, -0.2) is 25.5 Å². The third-order valence-electron chi connectivity index (χ3n) is 3.14. The fourth-order valence-corrected chi connectivity index (χ4v) is 2.15. The molecule has 1 N–H and O–H groups in total. The first-order chi connectivity index (χ1) is 9.43. The topological polar surface area (TPSA) is 47.2 Å². The molecule has 0 aliphatic carbocycles. The number of nitrogens with one attached hydrogen (secondary N) is 1. The van der Waals surface area contributed by atoms with Gasteiger partial charge in [0.25, 0.3) is 0 Å². The van der Waals surface area contributed by atoms with Crippen molar-refractivity contribution in [2.75, 3.05) is 11.9 Å². The molecule has 3 aromatic heterocycles. The minimum atomic E-state index is 0.964. The van der Waals surface area contributed by atoms with E-state index in [1.54, 1.807) is 0 Å². The van der Waals surface area contributed by atoms with Gasteiger partial charge in [-0.25, -0.2) is 9.97 Å². The van der Waals surface area contributed by atoms with Crippen molar-refractivity contribution in [3.8, 4) is 0 Å². The SMILES string of the molecule is c1cc(NCCCCn2ccnc2)n2ccnc2c1. The van der Waals surface area contributed by atoms with Gasteiger partial charge in [0.2, 0.25) is 0 Å². The molecule has 19 heavy (non-hydrogen) atoms. The second-order valence-corrected chi connectivity index (χ2v) is 4.50. The number of unbranched alkanes of at least 4 members (excludes halogenated alkanes) is 1. The fraction of sp³-hybridized carbons (Fsp3) is 0.286. The van der Waals surface area contributed by atoms with Gasteiger partial charge < -0.3 is 9.88 Å². The monoisotopic (exact) mass is 255 g/mol. The smallest absolute Gasteiger partial charge is 0.138 e. The highest BCUT2D eigenvalue weighted by molar-refractivity contribution is 5.49. The van der Waals surface area contributed by atoms with Gasteiger partial charge in [-0.05, 0) is 25.0 Å². The standard InChI is InChI=1S/C14H17N5/c1(2-9-18-10-7-15-12-18)6-16-13-4-3-5-14-17-8-11-19(13)14/h3-5,7-8,10-12,16H,1-2,6,9H2. The molecule has 0 saturated carbocycles. The van der Waals surface area contributed by atoms with E-state index in [9.17, 15) is 0 Å². The molecular weight excluding hydrogens is 238 g/mol. The first-order valence-electron chi connectivity index (χ1n) is 6.55. The number of aryl methyl sites for hydroxylation is 1. The van der Waals surface area contributed by atoms with E-state index in [2.05, 4.69) is 30.3 Å². The number of hydrogen-bond donors (Lipinski definition) is 1. The zero-order valence-corrected chi connectivity index (χ0v) is 10.7. The van der Waals surface area contributed by atoms with Crippen LogP contribution in [-0.2, 0) is 6.54 Å². The average Bonchev–Trinajstić information content (AvgIpc) is 3.09. The highest BCUT2D eigenvalue weighted by atomic mass is 15.1. The summed E-state index contributed by atoms with van der Waals surface area (Å²) in [5.74, 6) is 1.10. The maximum atomic E-state index is 4.27. The van der Waals surface area contributed by atoms with Crippen molar-refractivity contribution < 1.29 is 0 Å². The van der Waals surface area contributed by atoms with E-state index < -0.39 is 0 Å². The number of anilines is 1. The quantitative estimate of drug-likeness (QED) is 0.688. The van der Waals surface area contributed by atoms with Crippen LogP contribution in [0.2, 0.25) is 0 Å². The zero-order valence-electron chi connectivity index (χ0n) is 10.7. The lowest BCUT2D eigenvalue weighted by molar-refractivity contribution is 0.620. The van der Waals surface area contributed by atoms with E-state index in [1.165, 1.54) is 0 Å². The van der Waals surface area contributed by atoms with E-state index >= 15 is 0 Å². The minimum Gasteiger partial charge on any atom is -0.371 e. The Morgan fingerprint density at radius 3 is 3.00 bits per heavy atom. The maximum Gasteiger partial charge on any atom is 0.138 e. The van der Waals surface area contributed by atoms with E-state index in [0.29, 0.717) is 0 Å². The third kappa shape index (κ3) is 2.76. The van der Waals surface area contributed by atoms with Gasteiger partial charge in [-0.3, -0.25) is 4.40 Å². The molecule has 3 heterocycles. The Labute approximate surface area is 111 Å². The molecule has 5 nitrogen and oxygen atoms in total. The van der Waals surface area contributed by atoms with Crippen LogP contribution in [0.1, 0.15) is 12.8 Å². The summed E-state index contributed by atoms with van der Waals surface area (Å²) in [4.78, 5) is 8.30. The molecule has 98 valence electrons. The summed E-state index contributed by atoms with van der Waals surface area (Å²) in [6.07, 6.45) is 11.7. The molecule has 0 aliphatic heterocycles. The number of imidazole rings is 2. The summed E-state index contributed by atoms with van der Waals surface area (Å²) >= 11 is 0. The summed E-state index contributed by atoms with van der Waals surface area (Å²) in [5, 5.41) is 3.45. The molecule has 3 rings (SSSR count). The number of pyridine rings is 1. The van der Waals surface area contributed by atoms with E-state index in [4.69, 9.17) is 0 Å². The van der Waals surface area contributed by atoms with E-state index in [-0.39, 0.29) is 0 Å². The predicted molar refractivity (Wildman–Crippen MR) is 75.1 cm³/mol. The Hall–Kier alpha value is -2.30. The van der Waals surface area contributed by atoms with Crippen LogP contribution in [0.15, 0.2) is 49.3 Å². The number of aromatic nitrogens is 4. The number of nitrogens with zero attached hydrogens (tertiary/aromatic N) is 4. The van der Waals surface area contributed by atoms with Crippen LogP contribution >= 0.6 is 0 Å². The van der Waals surface area contributed by atoms with Gasteiger partial charge in [-0.15, -0.1) is 0 Å². The molecule has 3 aromatic rings. The van der Waals surface area contributed by atoms with Crippen LogP contribution < -0.4 is 5.32 Å². The first-order valence-corrected chi connectivity index (χ1v) is 6.55. The normalized spacial score (nSPS) is 10.9. The summed E-state index contributed by atoms with van der Waals surface area (Å²) in [7, 11) is 0. The second kappa shape index (κ2) is 5.56. The van der Waals surface area contributed by atoms with Crippen LogP contribution in [0.4, 0.5) is 5.82 Å². The molecular formula is C14H17N5. The van der Waals surface area contributed by atoms with Crippen molar-refractivity contribution in [2.24, 2.45) is 0 Å². The Morgan fingerprint density at radius 1 is 1.11 bits per heavy atom. The van der Waals surface area contributed by atoms with Crippen molar-refractivity contribution in [3.05, 3.63) is 49.3 Å². The average molecular weight is 255 g/mol. The van der Waals surface area contributed by atoms with Crippen LogP contribution in [0.3, 0.4) is 0 Å². The highest BCUT2D eigenvalue weighted by Crippen LogP contribution is 2.10. The molecule has 0 spiro atoms. The Balaban J connectivity index is 1.48. The van der Waals surface area contributed by atoms with Gasteiger partial charge >= 0.3 is 0 Å². The predicted octanol–water partition coefficient (Wildman–Crippen LogP) is 2.42. The van der Waals surface area contributed by atoms with Crippen LogP contribution in [0.25, 0.3) is 5.65 Å². The number of hydrogen-bond acceptors (Lipinski definition) is 3. The lowest BCUT2D eigenvalue weighted by atomic mass is 10.3. The molecule has 0 unspecified atom stereocenters. The third-order valence-corrected chi connectivity index (χ3v) is 3.14. The first kappa shape index (κ1) is 11.8. The molecule has 0 aromatic carbocycles. The van der Waals surface area contributed by atoms with Gasteiger partial charge in [0.15, 0.2) is 0 Å². The lowest BCUT2D eigenvalue weighted by Crippen LogP contribution is -2.06. The molecule has 0 atom stereocenters. The number of fused-ring (bicyclic) bond motifs is 1. The van der Waals surface area contributed by atoms with E-state index in [0.717, 1.165) is 37.4 Å². The Kier molecular flexibility index (Phi) is 3.45. The maximum absolute atomic E-state index is 4.27. The van der Waals surface area contributed by atoms with Gasteiger partial charge in [0.05, 0.1) is 6.33 Å². The summed E-state index contributed by atoms with van der Waals surface area (Å²) in [6.45, 7) is 1.99. The largest absolute Gasteiger partial charge is 0.371 e. The second-order valence-electron chi connectivity index (χ2n) is 4.50. The van der Waals surface area contributed by atoms with Gasteiger partial charge in [-0.1, -0.05) is 6.07 Å². The number of rotatable bonds is 6. The molecule has 0 amide bonds. The van der Waals surface area contributed by atoms with Crippen molar-refractivity contribution >= 4 is 11.5 Å². The minimum absolute atomic E-state index is 0.964. The highest BCUT2D eigenvalue weighted by Gasteiger charge is 1.99. The van der Waals surface area contributed by atoms with Crippen molar-refractivity contribution in [3.63, 3.8) is 0 Å². The molecule has 0 fully saturated rings. The lowest BCUT2D eigenvalue weighted by Gasteiger charge is -2.08. The van der Waals surface area contributed by atoms with E-state index in [1.807, 2.05) is 43.2 Å². The molecule has 5 heteroatoms. The summed E-state index contributed by atoms with van der Waals surface area (Å²) in [6, 6.07) is 6.10. The zero-order chi connectivity index (χ0) is 12.9. The van der Waals surface area contributed by atoms with Crippen LogP contribution in [0, 0.1) is 0 Å². The Bertz CT molecular complexity index is 626.